The summed E-state index contributed by atoms with van der Waals surface area (Å²) >= 11 is 5.72. The van der Waals surface area contributed by atoms with Gasteiger partial charge in [-0.1, -0.05) is 38.8 Å². The SMILES string of the molecule is CC.CCCc1cc(Cl)ncc1CO. The van der Waals surface area contributed by atoms with Crippen LogP contribution in [0, 0.1) is 0 Å². The van der Waals surface area contributed by atoms with E-state index in [1.165, 1.54) is 0 Å². The number of pyridine rings is 1. The quantitative estimate of drug-likeness (QED) is 0.786. The zero-order valence-corrected chi connectivity index (χ0v) is 9.80. The van der Waals surface area contributed by atoms with Crippen LogP contribution in [-0.2, 0) is 13.0 Å². The van der Waals surface area contributed by atoms with Crippen molar-refractivity contribution in [3.05, 3.63) is 28.5 Å². The van der Waals surface area contributed by atoms with Crippen LogP contribution in [-0.4, -0.2) is 10.1 Å². The summed E-state index contributed by atoms with van der Waals surface area (Å²) in [5.74, 6) is 0. The molecule has 0 amide bonds. The largest absolute Gasteiger partial charge is 0.392 e. The van der Waals surface area contributed by atoms with E-state index in [1.807, 2.05) is 19.9 Å². The van der Waals surface area contributed by atoms with Crippen LogP contribution in [0.25, 0.3) is 0 Å². The summed E-state index contributed by atoms with van der Waals surface area (Å²) in [5.41, 5.74) is 1.97. The third-order valence-corrected chi connectivity index (χ3v) is 1.95. The van der Waals surface area contributed by atoms with Crippen LogP contribution in [0.4, 0.5) is 0 Å². The van der Waals surface area contributed by atoms with Crippen molar-refractivity contribution in [1.82, 2.24) is 4.98 Å². The van der Waals surface area contributed by atoms with Crippen molar-refractivity contribution in [2.75, 3.05) is 0 Å². The fraction of sp³-hybridized carbons (Fsp3) is 0.545. The molecule has 2 nitrogen and oxygen atoms in total. The van der Waals surface area contributed by atoms with Gasteiger partial charge in [-0.05, 0) is 23.6 Å². The Morgan fingerprint density at radius 1 is 1.36 bits per heavy atom. The predicted octanol–water partition coefficient (Wildman–Crippen LogP) is 3.21. The van der Waals surface area contributed by atoms with Gasteiger partial charge in [0.1, 0.15) is 5.15 Å². The monoisotopic (exact) mass is 215 g/mol. The van der Waals surface area contributed by atoms with Gasteiger partial charge in [0.25, 0.3) is 0 Å². The highest BCUT2D eigenvalue weighted by molar-refractivity contribution is 6.29. The predicted molar refractivity (Wildman–Crippen MR) is 60.5 cm³/mol. The molecule has 0 fully saturated rings. The molecule has 1 heterocycles. The molecular weight excluding hydrogens is 198 g/mol. The summed E-state index contributed by atoms with van der Waals surface area (Å²) in [4.78, 5) is 3.90. The van der Waals surface area contributed by atoms with Gasteiger partial charge in [-0.2, -0.15) is 0 Å². The third kappa shape index (κ3) is 4.07. The van der Waals surface area contributed by atoms with E-state index in [4.69, 9.17) is 16.7 Å². The zero-order chi connectivity index (χ0) is 11.0. The Kier molecular flexibility index (Phi) is 7.44. The molecule has 0 spiro atoms. The smallest absolute Gasteiger partial charge is 0.129 e. The van der Waals surface area contributed by atoms with E-state index in [1.54, 1.807) is 6.20 Å². The Bertz CT molecular complexity index is 263. The molecule has 14 heavy (non-hydrogen) atoms. The number of hydrogen-bond acceptors (Lipinski definition) is 2. The highest BCUT2D eigenvalue weighted by Crippen LogP contribution is 2.14. The van der Waals surface area contributed by atoms with Crippen molar-refractivity contribution >= 4 is 11.6 Å². The maximum Gasteiger partial charge on any atom is 0.129 e. The number of aliphatic hydroxyl groups excluding tert-OH is 1. The van der Waals surface area contributed by atoms with Gasteiger partial charge in [0.15, 0.2) is 0 Å². The molecule has 0 radical (unpaired) electrons. The van der Waals surface area contributed by atoms with Gasteiger partial charge in [0.05, 0.1) is 6.61 Å². The van der Waals surface area contributed by atoms with Crippen LogP contribution < -0.4 is 0 Å². The van der Waals surface area contributed by atoms with Gasteiger partial charge >= 0.3 is 0 Å². The molecule has 1 rings (SSSR count). The topological polar surface area (TPSA) is 33.1 Å². The van der Waals surface area contributed by atoms with E-state index in [2.05, 4.69) is 11.9 Å². The van der Waals surface area contributed by atoms with Crippen LogP contribution in [0.5, 0.6) is 0 Å². The molecule has 1 aromatic heterocycles. The minimum atomic E-state index is 0.0412. The van der Waals surface area contributed by atoms with E-state index in [0.717, 1.165) is 24.0 Å². The first-order chi connectivity index (χ1) is 6.77. The van der Waals surface area contributed by atoms with Crippen LogP contribution in [0.1, 0.15) is 38.3 Å². The van der Waals surface area contributed by atoms with E-state index in [-0.39, 0.29) is 6.61 Å². The van der Waals surface area contributed by atoms with E-state index in [0.29, 0.717) is 5.15 Å². The lowest BCUT2D eigenvalue weighted by atomic mass is 10.1. The van der Waals surface area contributed by atoms with Crippen LogP contribution in [0.2, 0.25) is 5.15 Å². The summed E-state index contributed by atoms with van der Waals surface area (Å²) in [5, 5.41) is 9.45. The lowest BCUT2D eigenvalue weighted by Crippen LogP contribution is -1.95. The fourth-order valence-corrected chi connectivity index (χ4v) is 1.32. The third-order valence-electron chi connectivity index (χ3n) is 1.74. The normalized spacial score (nSPS) is 9.21. The Labute approximate surface area is 90.9 Å². The van der Waals surface area contributed by atoms with Crippen molar-refractivity contribution < 1.29 is 5.11 Å². The maximum absolute atomic E-state index is 8.95. The van der Waals surface area contributed by atoms with E-state index in [9.17, 15) is 0 Å². The van der Waals surface area contributed by atoms with Crippen molar-refractivity contribution in [2.24, 2.45) is 0 Å². The van der Waals surface area contributed by atoms with Crippen molar-refractivity contribution in [2.45, 2.75) is 40.2 Å². The van der Waals surface area contributed by atoms with Crippen molar-refractivity contribution in [3.8, 4) is 0 Å². The Balaban J connectivity index is 0.000000791. The number of nitrogens with zero attached hydrogens (tertiary/aromatic N) is 1. The number of aliphatic hydroxyl groups is 1. The molecule has 3 heteroatoms. The lowest BCUT2D eigenvalue weighted by molar-refractivity contribution is 0.280. The first-order valence-electron chi connectivity index (χ1n) is 5.02. The van der Waals surface area contributed by atoms with E-state index < -0.39 is 0 Å². The average Bonchev–Trinajstić information content (AvgIpc) is 2.22. The summed E-state index contributed by atoms with van der Waals surface area (Å²) < 4.78 is 0. The Hall–Kier alpha value is -0.600. The fourth-order valence-electron chi connectivity index (χ4n) is 1.14. The minimum Gasteiger partial charge on any atom is -0.392 e. The number of aromatic nitrogens is 1. The molecule has 0 aliphatic rings. The highest BCUT2D eigenvalue weighted by atomic mass is 35.5. The lowest BCUT2D eigenvalue weighted by Gasteiger charge is -2.04. The molecule has 0 aliphatic carbocycles. The highest BCUT2D eigenvalue weighted by Gasteiger charge is 2.01. The van der Waals surface area contributed by atoms with Gasteiger partial charge in [-0.15, -0.1) is 0 Å². The maximum atomic E-state index is 8.95. The molecule has 0 aromatic carbocycles. The van der Waals surface area contributed by atoms with E-state index >= 15 is 0 Å². The first-order valence-corrected chi connectivity index (χ1v) is 5.40. The average molecular weight is 216 g/mol. The molecular formula is C11H18ClNO. The molecule has 0 atom stereocenters. The summed E-state index contributed by atoms with van der Waals surface area (Å²) in [6.07, 6.45) is 3.62. The van der Waals surface area contributed by atoms with Crippen LogP contribution in [0.15, 0.2) is 12.3 Å². The standard InChI is InChI=1S/C9H12ClNO.C2H6/c1-2-3-7-4-9(10)11-5-8(7)6-12;1-2/h4-5,12H,2-3,6H2,1H3;1-2H3. The van der Waals surface area contributed by atoms with Crippen molar-refractivity contribution in [3.63, 3.8) is 0 Å². The second-order valence-electron chi connectivity index (χ2n) is 2.68. The molecule has 0 saturated heterocycles. The molecule has 0 bridgehead atoms. The molecule has 1 aromatic rings. The number of halogens is 1. The Morgan fingerprint density at radius 3 is 2.50 bits per heavy atom. The summed E-state index contributed by atoms with van der Waals surface area (Å²) in [6, 6.07) is 1.82. The summed E-state index contributed by atoms with van der Waals surface area (Å²) in [7, 11) is 0. The number of rotatable bonds is 3. The summed E-state index contributed by atoms with van der Waals surface area (Å²) in [6.45, 7) is 6.13. The Morgan fingerprint density at radius 2 is 2.00 bits per heavy atom. The second-order valence-corrected chi connectivity index (χ2v) is 3.07. The van der Waals surface area contributed by atoms with Crippen LogP contribution >= 0.6 is 11.6 Å². The minimum absolute atomic E-state index is 0.0412. The molecule has 0 saturated carbocycles. The molecule has 0 aliphatic heterocycles. The van der Waals surface area contributed by atoms with Crippen LogP contribution in [0.3, 0.4) is 0 Å². The number of aryl methyl sites for hydroxylation is 1. The second kappa shape index (κ2) is 7.77. The van der Waals surface area contributed by atoms with Gasteiger partial charge < -0.3 is 5.11 Å². The van der Waals surface area contributed by atoms with Gasteiger partial charge in [-0.3, -0.25) is 0 Å². The van der Waals surface area contributed by atoms with Gasteiger partial charge in [0.2, 0.25) is 0 Å². The first kappa shape index (κ1) is 13.4. The van der Waals surface area contributed by atoms with Gasteiger partial charge in [0, 0.05) is 6.20 Å². The molecule has 80 valence electrons. The molecule has 0 unspecified atom stereocenters. The zero-order valence-electron chi connectivity index (χ0n) is 9.05. The molecule has 1 N–H and O–H groups in total. The van der Waals surface area contributed by atoms with Crippen molar-refractivity contribution in [1.29, 1.82) is 0 Å². The van der Waals surface area contributed by atoms with Gasteiger partial charge in [-0.25, -0.2) is 4.98 Å². The number of hydrogen-bond donors (Lipinski definition) is 1.